The molecule has 1 heterocycles. The smallest absolute Gasteiger partial charge is 0.161 e. The van der Waals surface area contributed by atoms with Gasteiger partial charge in [0.05, 0.1) is 6.54 Å². The average molecular weight is 422 g/mol. The Morgan fingerprint density at radius 3 is 1.94 bits per heavy atom. The number of anilines is 1. The molecule has 0 spiro atoms. The highest BCUT2D eigenvalue weighted by Crippen LogP contribution is 2.31. The molecule has 0 aliphatic carbocycles. The van der Waals surface area contributed by atoms with Crippen LogP contribution in [0.1, 0.15) is 102 Å². The molecule has 0 saturated heterocycles. The highest BCUT2D eigenvalue weighted by molar-refractivity contribution is 5.51. The van der Waals surface area contributed by atoms with E-state index in [1.54, 1.807) is 0 Å². The summed E-state index contributed by atoms with van der Waals surface area (Å²) in [7, 11) is 0. The predicted molar refractivity (Wildman–Crippen MR) is 134 cm³/mol. The van der Waals surface area contributed by atoms with Crippen molar-refractivity contribution in [1.29, 1.82) is 0 Å². The van der Waals surface area contributed by atoms with Crippen LogP contribution in [0.2, 0.25) is 0 Å². The number of unbranched alkanes of at least 4 members (excludes halogenated alkanes) is 12. The molecule has 1 aliphatic rings. The maximum absolute atomic E-state index is 6.08. The Morgan fingerprint density at radius 2 is 1.29 bits per heavy atom. The first kappa shape index (κ1) is 23.7. The molecular weight excluding hydrogens is 378 g/mol. The van der Waals surface area contributed by atoms with E-state index in [1.165, 1.54) is 107 Å². The maximum Gasteiger partial charge on any atom is 0.161 e. The molecule has 170 valence electrons. The Morgan fingerprint density at radius 1 is 0.677 bits per heavy atom. The summed E-state index contributed by atoms with van der Waals surface area (Å²) in [4.78, 5) is 2.33. The summed E-state index contributed by atoms with van der Waals surface area (Å²) in [6.45, 7) is 3.88. The van der Waals surface area contributed by atoms with Crippen LogP contribution in [-0.2, 0) is 13.0 Å². The summed E-state index contributed by atoms with van der Waals surface area (Å²) in [5.74, 6) is 1.08. The minimum Gasteiger partial charge on any atom is -0.473 e. The van der Waals surface area contributed by atoms with Gasteiger partial charge in [0.25, 0.3) is 0 Å². The molecule has 0 fully saturated rings. The summed E-state index contributed by atoms with van der Waals surface area (Å²) >= 11 is 0. The first-order chi connectivity index (χ1) is 15.4. The Bertz CT molecular complexity index is 727. The van der Waals surface area contributed by atoms with E-state index in [9.17, 15) is 0 Å². The average Bonchev–Trinajstić information content (AvgIpc) is 2.82. The van der Waals surface area contributed by atoms with Gasteiger partial charge in [-0.2, -0.15) is 0 Å². The second-order valence-electron chi connectivity index (χ2n) is 9.19. The lowest BCUT2D eigenvalue weighted by Gasteiger charge is -2.32. The van der Waals surface area contributed by atoms with E-state index in [-0.39, 0.29) is 0 Å². The largest absolute Gasteiger partial charge is 0.473 e. The van der Waals surface area contributed by atoms with Crippen molar-refractivity contribution in [3.05, 3.63) is 59.7 Å². The third kappa shape index (κ3) is 8.24. The van der Waals surface area contributed by atoms with Gasteiger partial charge in [0.2, 0.25) is 0 Å². The summed E-state index contributed by atoms with van der Waals surface area (Å²) in [5, 5.41) is 0. The summed E-state index contributed by atoms with van der Waals surface area (Å²) in [6, 6.07) is 17.2. The molecule has 3 rings (SSSR count). The fourth-order valence-electron chi connectivity index (χ4n) is 4.68. The van der Waals surface area contributed by atoms with Gasteiger partial charge in [-0.05, 0) is 36.6 Å². The van der Waals surface area contributed by atoms with Crippen molar-refractivity contribution in [1.82, 2.24) is 0 Å². The number of aryl methyl sites for hydroxylation is 1. The summed E-state index contributed by atoms with van der Waals surface area (Å²) < 4.78 is 6.08. The van der Waals surface area contributed by atoms with Crippen LogP contribution in [0.5, 0.6) is 5.75 Å². The van der Waals surface area contributed by atoms with E-state index in [2.05, 4.69) is 60.4 Å². The van der Waals surface area contributed by atoms with Gasteiger partial charge in [0.15, 0.2) is 6.73 Å². The van der Waals surface area contributed by atoms with Crippen LogP contribution in [-0.4, -0.2) is 6.73 Å². The van der Waals surface area contributed by atoms with Crippen LogP contribution in [0.25, 0.3) is 0 Å². The molecular formula is C29H43NO. The van der Waals surface area contributed by atoms with Crippen molar-refractivity contribution in [3.8, 4) is 5.75 Å². The van der Waals surface area contributed by atoms with E-state index in [1.807, 2.05) is 0 Å². The number of rotatable bonds is 15. The second kappa shape index (κ2) is 14.2. The van der Waals surface area contributed by atoms with Gasteiger partial charge < -0.3 is 9.64 Å². The Kier molecular flexibility index (Phi) is 10.8. The quantitative estimate of drug-likeness (QED) is 0.267. The Labute approximate surface area is 191 Å². The number of hydrogen-bond acceptors (Lipinski definition) is 2. The van der Waals surface area contributed by atoms with Crippen LogP contribution >= 0.6 is 0 Å². The van der Waals surface area contributed by atoms with Crippen molar-refractivity contribution in [2.45, 2.75) is 103 Å². The molecule has 2 heteroatoms. The first-order valence-electron chi connectivity index (χ1n) is 12.9. The molecule has 1 aliphatic heterocycles. The van der Waals surface area contributed by atoms with Crippen molar-refractivity contribution in [2.75, 3.05) is 11.6 Å². The molecule has 0 atom stereocenters. The molecule has 2 aromatic carbocycles. The minimum absolute atomic E-state index is 0.638. The van der Waals surface area contributed by atoms with Crippen LogP contribution in [0, 0.1) is 0 Å². The minimum atomic E-state index is 0.638. The van der Waals surface area contributed by atoms with Crippen molar-refractivity contribution >= 4 is 5.69 Å². The molecule has 0 bridgehead atoms. The lowest BCUT2D eigenvalue weighted by atomic mass is 9.98. The van der Waals surface area contributed by atoms with E-state index < -0.39 is 0 Å². The summed E-state index contributed by atoms with van der Waals surface area (Å²) in [5.41, 5.74) is 4.10. The highest BCUT2D eigenvalue weighted by atomic mass is 16.5. The SMILES string of the molecule is CCCCCCCCCCCCCCCc1cccc2c1CN(c1ccccc1)CO2. The van der Waals surface area contributed by atoms with Crippen LogP contribution < -0.4 is 9.64 Å². The van der Waals surface area contributed by atoms with Gasteiger partial charge in [-0.15, -0.1) is 0 Å². The van der Waals surface area contributed by atoms with Crippen LogP contribution in [0.4, 0.5) is 5.69 Å². The number of ether oxygens (including phenoxy) is 1. The Balaban J connectivity index is 1.30. The monoisotopic (exact) mass is 421 g/mol. The fourth-order valence-corrected chi connectivity index (χ4v) is 4.68. The highest BCUT2D eigenvalue weighted by Gasteiger charge is 2.20. The van der Waals surface area contributed by atoms with E-state index >= 15 is 0 Å². The number of hydrogen-bond donors (Lipinski definition) is 0. The lowest BCUT2D eigenvalue weighted by Crippen LogP contribution is -2.32. The van der Waals surface area contributed by atoms with Gasteiger partial charge in [-0.1, -0.05) is 114 Å². The molecule has 0 unspecified atom stereocenters. The molecule has 0 radical (unpaired) electrons. The molecule has 0 saturated carbocycles. The van der Waals surface area contributed by atoms with E-state index in [0.29, 0.717) is 6.73 Å². The van der Waals surface area contributed by atoms with Crippen LogP contribution in [0.15, 0.2) is 48.5 Å². The van der Waals surface area contributed by atoms with Gasteiger partial charge in [0.1, 0.15) is 5.75 Å². The third-order valence-electron chi connectivity index (χ3n) is 6.63. The number of benzene rings is 2. The number of para-hydroxylation sites is 1. The van der Waals surface area contributed by atoms with E-state index in [4.69, 9.17) is 4.74 Å². The molecule has 2 nitrogen and oxygen atoms in total. The third-order valence-corrected chi connectivity index (χ3v) is 6.63. The molecule has 2 aromatic rings. The van der Waals surface area contributed by atoms with E-state index in [0.717, 1.165) is 12.3 Å². The zero-order chi connectivity index (χ0) is 21.6. The zero-order valence-electron chi connectivity index (χ0n) is 19.8. The molecule has 31 heavy (non-hydrogen) atoms. The normalized spacial score (nSPS) is 13.1. The lowest BCUT2D eigenvalue weighted by molar-refractivity contribution is 0.288. The summed E-state index contributed by atoms with van der Waals surface area (Å²) in [6.07, 6.45) is 19.5. The van der Waals surface area contributed by atoms with Gasteiger partial charge >= 0.3 is 0 Å². The van der Waals surface area contributed by atoms with Crippen molar-refractivity contribution < 1.29 is 4.74 Å². The molecule has 0 aromatic heterocycles. The molecule has 0 amide bonds. The fraction of sp³-hybridized carbons (Fsp3) is 0.586. The predicted octanol–water partition coefficient (Wildman–Crippen LogP) is 8.68. The van der Waals surface area contributed by atoms with Crippen LogP contribution in [0.3, 0.4) is 0 Å². The second-order valence-corrected chi connectivity index (χ2v) is 9.19. The first-order valence-corrected chi connectivity index (χ1v) is 12.9. The van der Waals surface area contributed by atoms with Gasteiger partial charge in [-0.25, -0.2) is 0 Å². The van der Waals surface area contributed by atoms with Gasteiger partial charge in [-0.3, -0.25) is 0 Å². The molecule has 0 N–H and O–H groups in total. The maximum atomic E-state index is 6.08. The van der Waals surface area contributed by atoms with Crippen molar-refractivity contribution in [2.24, 2.45) is 0 Å². The standard InChI is InChI=1S/C29H43NO/c1-2-3-4-5-6-7-8-9-10-11-12-13-15-19-26-20-18-23-29-28(26)24-30(25-31-29)27-21-16-14-17-22-27/h14,16-18,20-23H,2-13,15,19,24-25H2,1H3. The Hall–Kier alpha value is -1.96. The number of nitrogens with zero attached hydrogens (tertiary/aromatic N) is 1. The zero-order valence-corrected chi connectivity index (χ0v) is 19.8. The number of fused-ring (bicyclic) bond motifs is 1. The van der Waals surface area contributed by atoms with Gasteiger partial charge in [0, 0.05) is 11.3 Å². The van der Waals surface area contributed by atoms with Crippen molar-refractivity contribution in [3.63, 3.8) is 0 Å². The topological polar surface area (TPSA) is 12.5 Å².